The van der Waals surface area contributed by atoms with Gasteiger partial charge in [-0.25, -0.2) is 0 Å². The van der Waals surface area contributed by atoms with Crippen LogP contribution in [0.3, 0.4) is 0 Å². The Morgan fingerprint density at radius 1 is 0.962 bits per heavy atom. The molecule has 0 amide bonds. The summed E-state index contributed by atoms with van der Waals surface area (Å²) in [6, 6.07) is 17.3. The molecule has 0 aliphatic rings. The van der Waals surface area contributed by atoms with Crippen LogP contribution in [0.15, 0.2) is 48.5 Å². The molecule has 0 fully saturated rings. The van der Waals surface area contributed by atoms with E-state index in [-0.39, 0.29) is 0 Å². The summed E-state index contributed by atoms with van der Waals surface area (Å²) in [5, 5.41) is 0. The van der Waals surface area contributed by atoms with Gasteiger partial charge in [0, 0.05) is 12.8 Å². The van der Waals surface area contributed by atoms with E-state index in [1.807, 2.05) is 6.92 Å². The van der Waals surface area contributed by atoms with Crippen LogP contribution in [-0.2, 0) is 10.2 Å². The molecule has 0 saturated carbocycles. The Kier molecular flexibility index (Phi) is 6.08. The average molecular weight is 353 g/mol. The maximum absolute atomic E-state index is 13.5. The first-order valence-corrected chi connectivity index (χ1v) is 9.60. The van der Waals surface area contributed by atoms with Crippen molar-refractivity contribution in [3.63, 3.8) is 0 Å². The first-order valence-electron chi connectivity index (χ1n) is 9.60. The number of hydrogen-bond donors (Lipinski definition) is 0. The second-order valence-electron chi connectivity index (χ2n) is 8.59. The number of carbonyl (C=O) groups excluding carboxylic acids is 1. The molecule has 0 spiro atoms. The molecule has 0 heterocycles. The fourth-order valence-electron chi connectivity index (χ4n) is 3.68. The number of aryl methyl sites for hydroxylation is 2. The lowest BCUT2D eigenvalue weighted by atomic mass is 9.66. The quantitative estimate of drug-likeness (QED) is 0.637. The number of quaternary nitrogens is 1. The van der Waals surface area contributed by atoms with E-state index in [2.05, 4.69) is 90.4 Å². The van der Waals surface area contributed by atoms with E-state index < -0.39 is 5.41 Å². The Morgan fingerprint density at radius 3 is 1.77 bits per heavy atom. The topological polar surface area (TPSA) is 17.1 Å². The van der Waals surface area contributed by atoms with Crippen molar-refractivity contribution in [2.75, 3.05) is 21.1 Å². The van der Waals surface area contributed by atoms with Crippen molar-refractivity contribution < 1.29 is 9.28 Å². The summed E-state index contributed by atoms with van der Waals surface area (Å²) < 4.78 is 0.830. The molecule has 2 aromatic carbocycles. The molecule has 0 bridgehead atoms. The molecule has 0 aliphatic carbocycles. The molecule has 2 nitrogen and oxygen atoms in total. The van der Waals surface area contributed by atoms with E-state index in [9.17, 15) is 4.79 Å². The molecule has 2 aromatic rings. The SMILES string of the molecule is CCC(=O)C(C[C@@H](C)[N+](C)(C)C)(c1cccc(C)c1)c1cccc(C)c1. The first kappa shape index (κ1) is 20.4. The van der Waals surface area contributed by atoms with E-state index in [1.54, 1.807) is 0 Å². The predicted molar refractivity (Wildman–Crippen MR) is 111 cm³/mol. The van der Waals surface area contributed by atoms with Crippen LogP contribution in [0.4, 0.5) is 0 Å². The highest BCUT2D eigenvalue weighted by molar-refractivity contribution is 5.93. The molecule has 0 N–H and O–H groups in total. The van der Waals surface area contributed by atoms with Gasteiger partial charge in [-0.05, 0) is 31.9 Å². The van der Waals surface area contributed by atoms with Crippen molar-refractivity contribution in [2.24, 2.45) is 0 Å². The Morgan fingerprint density at radius 2 is 1.42 bits per heavy atom. The van der Waals surface area contributed by atoms with Gasteiger partial charge in [-0.3, -0.25) is 4.79 Å². The Bertz CT molecular complexity index is 724. The molecule has 0 aliphatic heterocycles. The maximum Gasteiger partial charge on any atom is 0.147 e. The zero-order valence-electron chi connectivity index (χ0n) is 17.5. The number of hydrogen-bond acceptors (Lipinski definition) is 1. The Balaban J connectivity index is 2.77. The van der Waals surface area contributed by atoms with Crippen LogP contribution in [0.5, 0.6) is 0 Å². The summed E-state index contributed by atoms with van der Waals surface area (Å²) in [6.45, 7) is 8.44. The third-order valence-electron chi connectivity index (χ3n) is 5.74. The minimum atomic E-state index is -0.599. The second kappa shape index (κ2) is 7.75. The summed E-state index contributed by atoms with van der Waals surface area (Å²) in [7, 11) is 6.62. The molecule has 0 aromatic heterocycles. The van der Waals surface area contributed by atoms with Crippen LogP contribution in [-0.4, -0.2) is 37.5 Å². The first-order chi connectivity index (χ1) is 12.1. The zero-order chi connectivity index (χ0) is 19.5. The van der Waals surface area contributed by atoms with Gasteiger partial charge < -0.3 is 4.48 Å². The molecule has 0 radical (unpaired) electrons. The molecular formula is C24H34NO+. The van der Waals surface area contributed by atoms with E-state index in [1.165, 1.54) is 11.1 Å². The third-order valence-corrected chi connectivity index (χ3v) is 5.74. The van der Waals surface area contributed by atoms with Gasteiger partial charge in [-0.1, -0.05) is 66.6 Å². The third kappa shape index (κ3) is 4.07. The number of carbonyl (C=O) groups is 1. The van der Waals surface area contributed by atoms with Crippen LogP contribution >= 0.6 is 0 Å². The molecule has 26 heavy (non-hydrogen) atoms. The van der Waals surface area contributed by atoms with Crippen molar-refractivity contribution in [3.05, 3.63) is 70.8 Å². The highest BCUT2D eigenvalue weighted by atomic mass is 16.1. The molecule has 2 rings (SSSR count). The second-order valence-corrected chi connectivity index (χ2v) is 8.59. The molecule has 140 valence electrons. The van der Waals surface area contributed by atoms with Crippen LogP contribution in [0.2, 0.25) is 0 Å². The van der Waals surface area contributed by atoms with Gasteiger partial charge in [0.05, 0.1) is 32.6 Å². The number of Topliss-reactive ketones (excluding diaryl/α,β-unsaturated/α-hetero) is 1. The lowest BCUT2D eigenvalue weighted by molar-refractivity contribution is -0.894. The standard InChI is InChI=1S/C24H34NO/c1-8-23(26)24(17-20(4)25(5,6)7,21-13-9-11-18(2)15-21)22-14-10-12-19(3)16-22/h9-16,20H,8,17H2,1-7H3/q+1/t20-/m1/s1. The normalized spacial score (nSPS) is 13.5. The maximum atomic E-state index is 13.5. The van der Waals surface area contributed by atoms with E-state index in [0.717, 1.165) is 22.0 Å². The fraction of sp³-hybridized carbons (Fsp3) is 0.458. The summed E-state index contributed by atoms with van der Waals surface area (Å²) in [4.78, 5) is 13.5. The minimum Gasteiger partial charge on any atom is -0.329 e. The van der Waals surface area contributed by atoms with Gasteiger partial charge in [0.1, 0.15) is 5.78 Å². The lowest BCUT2D eigenvalue weighted by Gasteiger charge is -2.40. The van der Waals surface area contributed by atoms with E-state index >= 15 is 0 Å². The van der Waals surface area contributed by atoms with Crippen LogP contribution in [0.1, 0.15) is 48.9 Å². The molecular weight excluding hydrogens is 318 g/mol. The van der Waals surface area contributed by atoms with Crippen LogP contribution in [0, 0.1) is 13.8 Å². The average Bonchev–Trinajstić information content (AvgIpc) is 2.58. The molecule has 2 heteroatoms. The summed E-state index contributed by atoms with van der Waals surface area (Å²) >= 11 is 0. The number of nitrogens with zero attached hydrogens (tertiary/aromatic N) is 1. The number of ketones is 1. The fourth-order valence-corrected chi connectivity index (χ4v) is 3.68. The molecule has 0 saturated heterocycles. The minimum absolute atomic E-state index is 0.300. The smallest absolute Gasteiger partial charge is 0.147 e. The van der Waals surface area contributed by atoms with E-state index in [4.69, 9.17) is 0 Å². The van der Waals surface area contributed by atoms with Crippen molar-refractivity contribution in [1.29, 1.82) is 0 Å². The Hall–Kier alpha value is -1.93. The van der Waals surface area contributed by atoms with Crippen molar-refractivity contribution in [1.82, 2.24) is 0 Å². The molecule has 0 unspecified atom stereocenters. The lowest BCUT2D eigenvalue weighted by Crippen LogP contribution is -2.49. The zero-order valence-corrected chi connectivity index (χ0v) is 17.5. The van der Waals surface area contributed by atoms with E-state index in [0.29, 0.717) is 18.2 Å². The Labute approximate surface area is 159 Å². The number of rotatable bonds is 7. The molecule has 1 atom stereocenters. The van der Waals surface area contributed by atoms with Crippen LogP contribution in [0.25, 0.3) is 0 Å². The number of benzene rings is 2. The van der Waals surface area contributed by atoms with Crippen molar-refractivity contribution in [3.8, 4) is 0 Å². The van der Waals surface area contributed by atoms with Gasteiger partial charge in [-0.15, -0.1) is 0 Å². The van der Waals surface area contributed by atoms with Gasteiger partial charge in [-0.2, -0.15) is 0 Å². The largest absolute Gasteiger partial charge is 0.329 e. The highest BCUT2D eigenvalue weighted by Gasteiger charge is 2.44. The summed E-state index contributed by atoms with van der Waals surface area (Å²) in [6.07, 6.45) is 1.34. The van der Waals surface area contributed by atoms with Crippen molar-refractivity contribution >= 4 is 5.78 Å². The summed E-state index contributed by atoms with van der Waals surface area (Å²) in [5.41, 5.74) is 4.03. The predicted octanol–water partition coefficient (Wildman–Crippen LogP) is 5.05. The van der Waals surface area contributed by atoms with Gasteiger partial charge in [0.25, 0.3) is 0 Å². The van der Waals surface area contributed by atoms with Gasteiger partial charge in [0.2, 0.25) is 0 Å². The summed E-state index contributed by atoms with van der Waals surface area (Å²) in [5.74, 6) is 0.300. The van der Waals surface area contributed by atoms with Crippen LogP contribution < -0.4 is 0 Å². The highest BCUT2D eigenvalue weighted by Crippen LogP contribution is 2.40. The van der Waals surface area contributed by atoms with Gasteiger partial charge >= 0.3 is 0 Å². The van der Waals surface area contributed by atoms with Gasteiger partial charge in [0.15, 0.2) is 0 Å². The van der Waals surface area contributed by atoms with Crippen molar-refractivity contribution in [2.45, 2.75) is 52.0 Å². The monoisotopic (exact) mass is 352 g/mol.